The number of aromatic nitrogens is 2. The number of amides is 1. The van der Waals surface area contributed by atoms with Crippen LogP contribution in [0.5, 0.6) is 0 Å². The lowest BCUT2D eigenvalue weighted by Gasteiger charge is -2.10. The van der Waals surface area contributed by atoms with E-state index in [4.69, 9.17) is 4.98 Å². The number of carbonyl (C=O) groups is 1. The molecule has 0 fully saturated rings. The summed E-state index contributed by atoms with van der Waals surface area (Å²) in [5, 5.41) is 3.86. The normalized spacial score (nSPS) is 11.3. The van der Waals surface area contributed by atoms with Gasteiger partial charge in [-0.1, -0.05) is 51.8 Å². The van der Waals surface area contributed by atoms with E-state index in [1.807, 2.05) is 72.4 Å². The summed E-state index contributed by atoms with van der Waals surface area (Å²) in [6, 6.07) is 19.9. The maximum Gasteiger partial charge on any atom is 0.252 e. The van der Waals surface area contributed by atoms with Gasteiger partial charge in [-0.25, -0.2) is 4.98 Å². The Kier molecular flexibility index (Phi) is 5.81. The van der Waals surface area contributed by atoms with E-state index in [-0.39, 0.29) is 5.91 Å². The van der Waals surface area contributed by atoms with Gasteiger partial charge in [0.25, 0.3) is 5.91 Å². The van der Waals surface area contributed by atoms with Gasteiger partial charge in [0.15, 0.2) is 0 Å². The van der Waals surface area contributed by atoms with E-state index < -0.39 is 0 Å². The molecule has 2 heterocycles. The van der Waals surface area contributed by atoms with Crippen molar-refractivity contribution in [3.8, 4) is 0 Å². The predicted octanol–water partition coefficient (Wildman–Crippen LogP) is 5.74. The van der Waals surface area contributed by atoms with Crippen LogP contribution in [0.25, 0.3) is 23.1 Å². The maximum atomic E-state index is 13.1. The molecule has 0 spiro atoms. The highest BCUT2D eigenvalue weighted by Gasteiger charge is 2.13. The van der Waals surface area contributed by atoms with Crippen LogP contribution in [0.3, 0.4) is 0 Å². The number of benzene rings is 2. The van der Waals surface area contributed by atoms with E-state index in [1.165, 1.54) is 5.56 Å². The van der Waals surface area contributed by atoms with Crippen LogP contribution >= 0.6 is 15.9 Å². The number of hydrogen-bond acceptors (Lipinski definition) is 2. The smallest absolute Gasteiger partial charge is 0.252 e. The first-order valence-electron chi connectivity index (χ1n) is 9.73. The molecule has 150 valence electrons. The van der Waals surface area contributed by atoms with Crippen molar-refractivity contribution < 1.29 is 4.79 Å². The van der Waals surface area contributed by atoms with Gasteiger partial charge in [0.2, 0.25) is 0 Å². The fraction of sp³-hybridized carbons (Fsp3) is 0.120. The fourth-order valence-corrected chi connectivity index (χ4v) is 3.75. The molecule has 2 aromatic heterocycles. The Morgan fingerprint density at radius 3 is 2.73 bits per heavy atom. The van der Waals surface area contributed by atoms with Crippen molar-refractivity contribution in [2.45, 2.75) is 13.5 Å². The van der Waals surface area contributed by atoms with E-state index >= 15 is 0 Å². The molecule has 0 atom stereocenters. The summed E-state index contributed by atoms with van der Waals surface area (Å²) in [7, 11) is 1.97. The largest absolute Gasteiger partial charge is 0.353 e. The molecule has 4 aromatic rings. The maximum absolute atomic E-state index is 13.1. The number of nitrogens with zero attached hydrogens (tertiary/aromatic N) is 2. The fourth-order valence-electron chi connectivity index (χ4n) is 3.39. The van der Waals surface area contributed by atoms with Crippen LogP contribution in [-0.2, 0) is 13.6 Å². The highest BCUT2D eigenvalue weighted by molar-refractivity contribution is 9.10. The number of fused-ring (bicyclic) bond motifs is 1. The quantitative estimate of drug-likeness (QED) is 0.413. The van der Waals surface area contributed by atoms with Gasteiger partial charge in [0.1, 0.15) is 0 Å². The summed E-state index contributed by atoms with van der Waals surface area (Å²) in [6.07, 6.45) is 5.94. The molecule has 0 radical (unpaired) electrons. The Balaban J connectivity index is 1.68. The van der Waals surface area contributed by atoms with Gasteiger partial charge in [-0.15, -0.1) is 0 Å². The number of pyridine rings is 1. The summed E-state index contributed by atoms with van der Waals surface area (Å²) in [6.45, 7) is 2.53. The zero-order valence-corrected chi connectivity index (χ0v) is 18.5. The third-order valence-electron chi connectivity index (χ3n) is 5.01. The Hall–Kier alpha value is -3.18. The van der Waals surface area contributed by atoms with Gasteiger partial charge in [0.05, 0.1) is 23.3 Å². The molecule has 0 saturated heterocycles. The zero-order chi connectivity index (χ0) is 21.1. The SMILES string of the molecule is Cc1cccc(/C=C/c2cc(C(=O)NCc3cccn3C)c3cc(Br)ccc3n2)c1. The summed E-state index contributed by atoms with van der Waals surface area (Å²) in [5.74, 6) is -0.119. The van der Waals surface area contributed by atoms with Crippen molar-refractivity contribution in [3.05, 3.63) is 99.4 Å². The lowest BCUT2D eigenvalue weighted by atomic mass is 10.1. The Morgan fingerprint density at radius 2 is 1.97 bits per heavy atom. The average molecular weight is 460 g/mol. The molecule has 0 aliphatic carbocycles. The second-order valence-corrected chi connectivity index (χ2v) is 8.21. The van der Waals surface area contributed by atoms with Gasteiger partial charge < -0.3 is 9.88 Å². The van der Waals surface area contributed by atoms with Crippen LogP contribution in [0, 0.1) is 6.92 Å². The highest BCUT2D eigenvalue weighted by atomic mass is 79.9. The molecule has 0 saturated carbocycles. The molecule has 0 bridgehead atoms. The van der Waals surface area contributed by atoms with E-state index in [1.54, 1.807) is 0 Å². The molecule has 4 rings (SSSR count). The Bertz CT molecular complexity index is 1260. The van der Waals surface area contributed by atoms with Crippen LogP contribution in [0.15, 0.2) is 71.3 Å². The second-order valence-electron chi connectivity index (χ2n) is 7.30. The first-order valence-corrected chi connectivity index (χ1v) is 10.5. The lowest BCUT2D eigenvalue weighted by molar-refractivity contribution is 0.0951. The standard InChI is InChI=1S/C25H22BrN3O/c1-17-5-3-6-18(13-17)8-10-20-15-23(22-14-19(26)9-11-24(22)28-20)25(30)27-16-21-7-4-12-29(21)2/h3-15H,16H2,1-2H3,(H,27,30)/b10-8+. The topological polar surface area (TPSA) is 46.9 Å². The minimum absolute atomic E-state index is 0.119. The molecular weight excluding hydrogens is 438 g/mol. The second kappa shape index (κ2) is 8.67. The summed E-state index contributed by atoms with van der Waals surface area (Å²) in [4.78, 5) is 17.8. The first kappa shape index (κ1) is 20.1. The van der Waals surface area contributed by atoms with Gasteiger partial charge in [-0.3, -0.25) is 4.79 Å². The van der Waals surface area contributed by atoms with Gasteiger partial charge >= 0.3 is 0 Å². The number of halogens is 1. The molecule has 2 aromatic carbocycles. The molecule has 1 amide bonds. The molecule has 5 heteroatoms. The molecule has 30 heavy (non-hydrogen) atoms. The van der Waals surface area contributed by atoms with Gasteiger partial charge in [-0.05, 0) is 55.0 Å². The summed E-state index contributed by atoms with van der Waals surface area (Å²) in [5.41, 5.74) is 5.49. The number of hydrogen-bond donors (Lipinski definition) is 1. The Morgan fingerprint density at radius 1 is 1.10 bits per heavy atom. The number of nitrogens with one attached hydrogen (secondary N) is 1. The Labute approximate surface area is 184 Å². The van der Waals surface area contributed by atoms with Gasteiger partial charge in [-0.2, -0.15) is 0 Å². The highest BCUT2D eigenvalue weighted by Crippen LogP contribution is 2.24. The van der Waals surface area contributed by atoms with E-state index in [0.29, 0.717) is 12.1 Å². The van der Waals surface area contributed by atoms with Crippen LogP contribution in [0.2, 0.25) is 0 Å². The van der Waals surface area contributed by atoms with E-state index in [2.05, 4.69) is 46.4 Å². The average Bonchev–Trinajstić information content (AvgIpc) is 3.15. The number of rotatable bonds is 5. The van der Waals surface area contributed by atoms with Crippen molar-refractivity contribution in [2.75, 3.05) is 0 Å². The monoisotopic (exact) mass is 459 g/mol. The summed E-state index contributed by atoms with van der Waals surface area (Å²) >= 11 is 3.51. The van der Waals surface area contributed by atoms with Crippen molar-refractivity contribution in [2.24, 2.45) is 7.05 Å². The summed E-state index contributed by atoms with van der Waals surface area (Å²) < 4.78 is 2.91. The number of aryl methyl sites for hydroxylation is 2. The van der Waals surface area contributed by atoms with Crippen molar-refractivity contribution in [1.82, 2.24) is 14.9 Å². The van der Waals surface area contributed by atoms with Crippen LogP contribution < -0.4 is 5.32 Å². The molecular formula is C25H22BrN3O. The third-order valence-corrected chi connectivity index (χ3v) is 5.50. The predicted molar refractivity (Wildman–Crippen MR) is 126 cm³/mol. The molecule has 0 aliphatic heterocycles. The van der Waals surface area contributed by atoms with Crippen molar-refractivity contribution in [3.63, 3.8) is 0 Å². The van der Waals surface area contributed by atoms with Crippen LogP contribution in [0.4, 0.5) is 0 Å². The molecule has 0 unspecified atom stereocenters. The zero-order valence-electron chi connectivity index (χ0n) is 16.9. The van der Waals surface area contributed by atoms with Crippen molar-refractivity contribution in [1.29, 1.82) is 0 Å². The van der Waals surface area contributed by atoms with Crippen molar-refractivity contribution >= 4 is 44.9 Å². The van der Waals surface area contributed by atoms with E-state index in [9.17, 15) is 4.79 Å². The number of carbonyl (C=O) groups excluding carboxylic acids is 1. The van der Waals surface area contributed by atoms with Crippen LogP contribution in [-0.4, -0.2) is 15.5 Å². The molecule has 4 nitrogen and oxygen atoms in total. The minimum atomic E-state index is -0.119. The van der Waals surface area contributed by atoms with E-state index in [0.717, 1.165) is 32.3 Å². The van der Waals surface area contributed by atoms with Crippen LogP contribution in [0.1, 0.15) is 32.9 Å². The third kappa shape index (κ3) is 4.52. The first-order chi connectivity index (χ1) is 14.5. The van der Waals surface area contributed by atoms with Gasteiger partial charge in [0, 0.05) is 28.8 Å². The molecule has 1 N–H and O–H groups in total. The lowest BCUT2D eigenvalue weighted by Crippen LogP contribution is -2.24. The molecule has 0 aliphatic rings. The minimum Gasteiger partial charge on any atom is -0.353 e.